The fourth-order valence-corrected chi connectivity index (χ4v) is 2.13. The van der Waals surface area contributed by atoms with E-state index in [0.29, 0.717) is 17.1 Å². The molecule has 0 aromatic heterocycles. The maximum atomic E-state index is 12.1. The lowest BCUT2D eigenvalue weighted by atomic mass is 9.90. The Morgan fingerprint density at radius 3 is 2.22 bits per heavy atom. The Balaban J connectivity index is 1.89. The third-order valence-corrected chi connectivity index (χ3v) is 4.19. The van der Waals surface area contributed by atoms with Gasteiger partial charge in [-0.2, -0.15) is 5.26 Å². The topological polar surface area (TPSA) is 88.4 Å². The van der Waals surface area contributed by atoms with E-state index >= 15 is 0 Å². The summed E-state index contributed by atoms with van der Waals surface area (Å²) in [6.07, 6.45) is 0. The first-order valence-electron chi connectivity index (χ1n) is 8.56. The Labute approximate surface area is 158 Å². The van der Waals surface area contributed by atoms with Gasteiger partial charge < -0.3 is 14.8 Å². The Morgan fingerprint density at radius 1 is 1.07 bits per heavy atom. The van der Waals surface area contributed by atoms with Crippen LogP contribution in [0.1, 0.15) is 31.1 Å². The van der Waals surface area contributed by atoms with Crippen LogP contribution >= 0.6 is 0 Å². The third kappa shape index (κ3) is 5.58. The van der Waals surface area contributed by atoms with E-state index < -0.39 is 24.0 Å². The third-order valence-electron chi connectivity index (χ3n) is 4.19. The summed E-state index contributed by atoms with van der Waals surface area (Å²) in [5, 5.41) is 11.8. The first-order chi connectivity index (χ1) is 12.8. The van der Waals surface area contributed by atoms with Crippen molar-refractivity contribution in [2.24, 2.45) is 5.92 Å². The number of rotatable bonds is 7. The van der Waals surface area contributed by atoms with Gasteiger partial charge in [0.1, 0.15) is 17.0 Å². The van der Waals surface area contributed by atoms with Gasteiger partial charge in [0.2, 0.25) is 0 Å². The van der Waals surface area contributed by atoms with E-state index in [-0.39, 0.29) is 5.92 Å². The van der Waals surface area contributed by atoms with Gasteiger partial charge in [0, 0.05) is 0 Å². The molecule has 0 spiro atoms. The molecule has 1 amide bonds. The first kappa shape index (κ1) is 20.0. The highest BCUT2D eigenvalue weighted by Gasteiger charge is 2.30. The van der Waals surface area contributed by atoms with Gasteiger partial charge in [0.05, 0.1) is 11.6 Å². The van der Waals surface area contributed by atoms with Crippen molar-refractivity contribution >= 4 is 11.9 Å². The van der Waals surface area contributed by atoms with E-state index in [9.17, 15) is 14.9 Å². The largest absolute Gasteiger partial charge is 0.457 e. The van der Waals surface area contributed by atoms with Crippen LogP contribution in [0.2, 0.25) is 0 Å². The predicted molar refractivity (Wildman–Crippen MR) is 100 cm³/mol. The minimum absolute atomic E-state index is 0.0840. The number of nitriles is 1. The molecule has 1 atom stereocenters. The lowest BCUT2D eigenvalue weighted by molar-refractivity contribution is -0.125. The summed E-state index contributed by atoms with van der Waals surface area (Å²) >= 11 is 0. The molecule has 0 aliphatic carbocycles. The molecule has 0 unspecified atom stereocenters. The summed E-state index contributed by atoms with van der Waals surface area (Å²) in [5.41, 5.74) is -0.713. The Hall–Kier alpha value is -3.33. The molecular formula is C21H22N2O4. The van der Waals surface area contributed by atoms with Gasteiger partial charge in [0.15, 0.2) is 6.61 Å². The summed E-state index contributed by atoms with van der Waals surface area (Å²) in [6, 6.07) is 17.8. The smallest absolute Gasteiger partial charge is 0.338 e. The van der Waals surface area contributed by atoms with Crippen LogP contribution in [0.5, 0.6) is 11.5 Å². The van der Waals surface area contributed by atoms with E-state index in [1.165, 1.54) is 0 Å². The number of benzene rings is 2. The summed E-state index contributed by atoms with van der Waals surface area (Å²) in [7, 11) is 0. The number of hydrogen-bond donors (Lipinski definition) is 1. The van der Waals surface area contributed by atoms with Crippen molar-refractivity contribution in [2.45, 2.75) is 26.3 Å². The fourth-order valence-electron chi connectivity index (χ4n) is 2.13. The number of nitrogens with one attached hydrogen (secondary N) is 1. The normalized spacial score (nSPS) is 12.6. The minimum atomic E-state index is -1.01. The number of carbonyl (C=O) groups is 2. The summed E-state index contributed by atoms with van der Waals surface area (Å²) in [5.74, 6) is 0.0384. The van der Waals surface area contributed by atoms with Crippen LogP contribution in [0.15, 0.2) is 54.6 Å². The number of esters is 1. The lowest BCUT2D eigenvalue weighted by Crippen LogP contribution is -2.50. The van der Waals surface area contributed by atoms with Crippen LogP contribution in [0.3, 0.4) is 0 Å². The molecule has 6 heteroatoms. The molecule has 2 aromatic carbocycles. The quantitative estimate of drug-likeness (QED) is 0.755. The number of para-hydroxylation sites is 1. The van der Waals surface area contributed by atoms with Crippen molar-refractivity contribution in [1.29, 1.82) is 5.26 Å². The Bertz CT molecular complexity index is 826. The van der Waals surface area contributed by atoms with Crippen molar-refractivity contribution in [3.05, 3.63) is 60.2 Å². The zero-order chi connectivity index (χ0) is 19.9. The number of ether oxygens (including phenoxy) is 2. The molecule has 1 N–H and O–H groups in total. The van der Waals surface area contributed by atoms with Gasteiger partial charge in [-0.3, -0.25) is 4.79 Å². The second-order valence-electron chi connectivity index (χ2n) is 6.53. The van der Waals surface area contributed by atoms with Crippen LogP contribution in [-0.2, 0) is 9.53 Å². The molecule has 0 radical (unpaired) electrons. The Morgan fingerprint density at radius 2 is 1.67 bits per heavy atom. The summed E-state index contributed by atoms with van der Waals surface area (Å²) in [4.78, 5) is 24.0. The highest BCUT2D eigenvalue weighted by molar-refractivity contribution is 5.91. The van der Waals surface area contributed by atoms with Crippen molar-refractivity contribution in [2.75, 3.05) is 6.61 Å². The van der Waals surface area contributed by atoms with Gasteiger partial charge in [0.25, 0.3) is 5.91 Å². The zero-order valence-electron chi connectivity index (χ0n) is 15.6. The summed E-state index contributed by atoms with van der Waals surface area (Å²) in [6.45, 7) is 4.83. The second-order valence-corrected chi connectivity index (χ2v) is 6.53. The van der Waals surface area contributed by atoms with Crippen molar-refractivity contribution in [3.8, 4) is 17.6 Å². The average molecular weight is 366 g/mol. The van der Waals surface area contributed by atoms with E-state index in [1.54, 1.807) is 31.2 Å². The minimum Gasteiger partial charge on any atom is -0.457 e. The predicted octanol–water partition coefficient (Wildman–Crippen LogP) is 3.69. The highest BCUT2D eigenvalue weighted by Crippen LogP contribution is 2.21. The van der Waals surface area contributed by atoms with Gasteiger partial charge in [-0.1, -0.05) is 32.0 Å². The molecule has 2 aromatic rings. The SMILES string of the molecule is CC(C)[C@](C)(C#N)NC(=O)COC(=O)c1ccc(Oc2ccccc2)cc1. The molecular weight excluding hydrogens is 344 g/mol. The molecule has 0 aliphatic rings. The molecule has 0 saturated heterocycles. The lowest BCUT2D eigenvalue weighted by Gasteiger charge is -2.27. The summed E-state index contributed by atoms with van der Waals surface area (Å²) < 4.78 is 10.7. The first-order valence-corrected chi connectivity index (χ1v) is 8.56. The second kappa shape index (κ2) is 8.86. The van der Waals surface area contributed by atoms with Crippen LogP contribution in [-0.4, -0.2) is 24.0 Å². The molecule has 2 rings (SSSR count). The van der Waals surface area contributed by atoms with Crippen LogP contribution in [0.25, 0.3) is 0 Å². The van der Waals surface area contributed by atoms with Crippen molar-refractivity contribution < 1.29 is 19.1 Å². The van der Waals surface area contributed by atoms with Crippen molar-refractivity contribution in [1.82, 2.24) is 5.32 Å². The van der Waals surface area contributed by atoms with Crippen LogP contribution in [0, 0.1) is 17.2 Å². The maximum Gasteiger partial charge on any atom is 0.338 e. The highest BCUT2D eigenvalue weighted by atomic mass is 16.5. The Kier molecular flexibility index (Phi) is 6.56. The number of nitrogens with zero attached hydrogens (tertiary/aromatic N) is 1. The maximum absolute atomic E-state index is 12.1. The zero-order valence-corrected chi connectivity index (χ0v) is 15.6. The molecule has 0 aliphatic heterocycles. The number of carbonyl (C=O) groups excluding carboxylic acids is 2. The molecule has 140 valence electrons. The van der Waals surface area contributed by atoms with E-state index in [0.717, 1.165) is 0 Å². The van der Waals surface area contributed by atoms with E-state index in [2.05, 4.69) is 11.4 Å². The molecule has 27 heavy (non-hydrogen) atoms. The van der Waals surface area contributed by atoms with Gasteiger partial charge in [-0.25, -0.2) is 4.79 Å². The molecule has 0 saturated carbocycles. The fraction of sp³-hybridized carbons (Fsp3) is 0.286. The van der Waals surface area contributed by atoms with Crippen LogP contribution in [0.4, 0.5) is 0 Å². The van der Waals surface area contributed by atoms with E-state index in [1.807, 2.05) is 44.2 Å². The van der Waals surface area contributed by atoms with Crippen LogP contribution < -0.4 is 10.1 Å². The van der Waals surface area contributed by atoms with Crippen molar-refractivity contribution in [3.63, 3.8) is 0 Å². The number of hydrogen-bond acceptors (Lipinski definition) is 5. The van der Waals surface area contributed by atoms with E-state index in [4.69, 9.17) is 9.47 Å². The average Bonchev–Trinajstić information content (AvgIpc) is 2.67. The molecule has 6 nitrogen and oxygen atoms in total. The monoisotopic (exact) mass is 366 g/mol. The standard InChI is InChI=1S/C21H22N2O4/c1-15(2)21(3,14-22)23-19(24)13-26-20(25)16-9-11-18(12-10-16)27-17-7-5-4-6-8-17/h4-12,15H,13H2,1-3H3,(H,23,24)/t21-/m0/s1. The molecule has 0 fully saturated rings. The van der Waals surface area contributed by atoms with Gasteiger partial charge in [-0.15, -0.1) is 0 Å². The van der Waals surface area contributed by atoms with Gasteiger partial charge in [-0.05, 0) is 49.2 Å². The molecule has 0 bridgehead atoms. The number of amides is 1. The molecule has 0 heterocycles. The van der Waals surface area contributed by atoms with Gasteiger partial charge >= 0.3 is 5.97 Å².